The summed E-state index contributed by atoms with van der Waals surface area (Å²) in [7, 11) is 0. The molecular weight excluding hydrogens is 572 g/mol. The van der Waals surface area contributed by atoms with Crippen molar-refractivity contribution in [1.29, 1.82) is 0 Å². The summed E-state index contributed by atoms with van der Waals surface area (Å²) in [5.74, 6) is -0.0562. The Morgan fingerprint density at radius 1 is 1.21 bits per heavy atom. The first-order valence-corrected chi connectivity index (χ1v) is 15.4. The molecule has 0 bridgehead atoms. The number of carboxylic acid groups (broad SMARTS) is 1. The average Bonchev–Trinajstić information content (AvgIpc) is 3.27. The molecule has 1 unspecified atom stereocenters. The minimum absolute atomic E-state index is 0.0359. The maximum absolute atomic E-state index is 13.4. The molecule has 12 heteroatoms. The van der Waals surface area contributed by atoms with Gasteiger partial charge in [-0.25, -0.2) is 14.8 Å². The number of amides is 3. The fourth-order valence-corrected chi connectivity index (χ4v) is 6.95. The molecule has 232 valence electrons. The molecule has 4 heterocycles. The van der Waals surface area contributed by atoms with Gasteiger partial charge in [0.2, 0.25) is 11.9 Å². The number of fused-ring (bicyclic) bond motifs is 1. The van der Waals surface area contributed by atoms with Crippen molar-refractivity contribution in [3.8, 4) is 11.3 Å². The van der Waals surface area contributed by atoms with Crippen molar-refractivity contribution < 1.29 is 24.2 Å². The molecule has 1 aromatic heterocycles. The lowest BCUT2D eigenvalue weighted by atomic mass is 9.71. The molecule has 2 aromatic rings. The second-order valence-electron chi connectivity index (χ2n) is 12.9. The van der Waals surface area contributed by atoms with E-state index in [0.717, 1.165) is 31.2 Å². The number of anilines is 1. The van der Waals surface area contributed by atoms with Gasteiger partial charge in [-0.15, -0.1) is 0 Å². The molecule has 5 rings (SSSR count). The van der Waals surface area contributed by atoms with E-state index in [4.69, 9.17) is 16.3 Å². The standard InChI is InChI=1S/C31H41ClN6O5/c1-18(22-6-5-11-38(30(41)42)27(22)31(2,3)4)34-25(39)17-37-16-20-8-7-19(14-23(20)28(37)40)26-24(32)15-33-29(36-26)35-21-9-12-43-13-10-21/h7-8,14-15,18,21-22,27H,5-6,9-13,16-17H2,1-4H3,(H,34,39)(H,41,42)(H,33,35,36)/t18-,22?,27+/m1/s1. The third kappa shape index (κ3) is 6.88. The summed E-state index contributed by atoms with van der Waals surface area (Å²) in [5.41, 5.74) is 2.29. The van der Waals surface area contributed by atoms with Crippen molar-refractivity contribution in [3.63, 3.8) is 0 Å². The van der Waals surface area contributed by atoms with Crippen LogP contribution in [-0.4, -0.2) is 87.2 Å². The van der Waals surface area contributed by atoms with E-state index in [0.29, 0.717) is 54.1 Å². The van der Waals surface area contributed by atoms with Crippen molar-refractivity contribution >= 4 is 35.5 Å². The number of hydrogen-bond acceptors (Lipinski definition) is 7. The molecule has 3 atom stereocenters. The Kier molecular flexibility index (Phi) is 9.12. The van der Waals surface area contributed by atoms with E-state index >= 15 is 0 Å². The van der Waals surface area contributed by atoms with Crippen LogP contribution in [0.4, 0.5) is 10.7 Å². The Labute approximate surface area is 257 Å². The first kappa shape index (κ1) is 31.0. The van der Waals surface area contributed by atoms with Crippen LogP contribution >= 0.6 is 11.6 Å². The molecule has 11 nitrogen and oxygen atoms in total. The zero-order chi connectivity index (χ0) is 30.9. The van der Waals surface area contributed by atoms with E-state index < -0.39 is 6.09 Å². The van der Waals surface area contributed by atoms with Crippen LogP contribution in [0.25, 0.3) is 11.3 Å². The van der Waals surface area contributed by atoms with Crippen LogP contribution in [-0.2, 0) is 16.1 Å². The van der Waals surface area contributed by atoms with Crippen LogP contribution in [0.5, 0.6) is 0 Å². The SMILES string of the molecule is C[C@@H](NC(=O)CN1Cc2ccc(-c3nc(NC4CCOCC4)ncc3Cl)cc2C1=O)C1CCCN(C(=O)O)[C@@H]1C(C)(C)C. The molecule has 3 amide bonds. The van der Waals surface area contributed by atoms with Gasteiger partial charge in [0.15, 0.2) is 0 Å². The van der Waals surface area contributed by atoms with Gasteiger partial charge in [-0.1, -0.05) is 44.5 Å². The Morgan fingerprint density at radius 2 is 1.95 bits per heavy atom. The average molecular weight is 613 g/mol. The number of halogens is 1. The van der Waals surface area contributed by atoms with Crippen LogP contribution in [0.1, 0.15) is 69.3 Å². The van der Waals surface area contributed by atoms with Gasteiger partial charge in [0, 0.05) is 61.5 Å². The van der Waals surface area contributed by atoms with Crippen LogP contribution in [0.2, 0.25) is 5.02 Å². The van der Waals surface area contributed by atoms with E-state index in [1.165, 1.54) is 9.80 Å². The molecular formula is C31H41ClN6O5. The van der Waals surface area contributed by atoms with Gasteiger partial charge in [0.05, 0.1) is 16.9 Å². The van der Waals surface area contributed by atoms with Gasteiger partial charge in [-0.2, -0.15) is 0 Å². The molecule has 0 saturated carbocycles. The highest BCUT2D eigenvalue weighted by Crippen LogP contribution is 2.38. The molecule has 0 spiro atoms. The van der Waals surface area contributed by atoms with Crippen LogP contribution < -0.4 is 10.6 Å². The lowest BCUT2D eigenvalue weighted by Gasteiger charge is -2.48. The van der Waals surface area contributed by atoms with Gasteiger partial charge >= 0.3 is 6.09 Å². The van der Waals surface area contributed by atoms with Crippen molar-refractivity contribution in [3.05, 3.63) is 40.5 Å². The number of benzene rings is 1. The van der Waals surface area contributed by atoms with Gasteiger partial charge in [0.1, 0.15) is 6.54 Å². The van der Waals surface area contributed by atoms with E-state index in [1.54, 1.807) is 12.3 Å². The highest BCUT2D eigenvalue weighted by molar-refractivity contribution is 6.33. The maximum Gasteiger partial charge on any atom is 0.407 e. The lowest BCUT2D eigenvalue weighted by Crippen LogP contribution is -2.59. The third-order valence-corrected chi connectivity index (χ3v) is 9.01. The first-order chi connectivity index (χ1) is 20.4. The molecule has 3 N–H and O–H groups in total. The number of nitrogens with one attached hydrogen (secondary N) is 2. The van der Waals surface area contributed by atoms with E-state index in [2.05, 4.69) is 20.6 Å². The summed E-state index contributed by atoms with van der Waals surface area (Å²) in [6.07, 6.45) is 3.94. The molecule has 1 aromatic carbocycles. The molecule has 3 aliphatic rings. The monoisotopic (exact) mass is 612 g/mol. The smallest absolute Gasteiger partial charge is 0.407 e. The van der Waals surface area contributed by atoms with Crippen LogP contribution in [0.3, 0.4) is 0 Å². The number of carbonyl (C=O) groups is 3. The predicted octanol–water partition coefficient (Wildman–Crippen LogP) is 4.65. The second-order valence-corrected chi connectivity index (χ2v) is 13.3. The van der Waals surface area contributed by atoms with Gasteiger partial charge in [-0.3, -0.25) is 9.59 Å². The molecule has 2 fully saturated rings. The van der Waals surface area contributed by atoms with Crippen molar-refractivity contribution in [1.82, 2.24) is 25.1 Å². The number of piperidine rings is 1. The van der Waals surface area contributed by atoms with E-state index in [1.807, 2.05) is 39.8 Å². The number of nitrogens with zero attached hydrogens (tertiary/aromatic N) is 4. The van der Waals surface area contributed by atoms with Crippen LogP contribution in [0.15, 0.2) is 24.4 Å². The highest BCUT2D eigenvalue weighted by Gasteiger charge is 2.44. The van der Waals surface area contributed by atoms with Gasteiger partial charge in [-0.05, 0) is 49.7 Å². The maximum atomic E-state index is 13.4. The van der Waals surface area contributed by atoms with E-state index in [9.17, 15) is 19.5 Å². The number of likely N-dealkylation sites (tertiary alicyclic amines) is 1. The fraction of sp³-hybridized carbons (Fsp3) is 0.581. The fourth-order valence-electron chi connectivity index (χ4n) is 6.75. The summed E-state index contributed by atoms with van der Waals surface area (Å²) in [5, 5.41) is 16.6. The molecule has 0 radical (unpaired) electrons. The molecule has 3 aliphatic heterocycles. The first-order valence-electron chi connectivity index (χ1n) is 15.0. The Hall–Kier alpha value is -3.44. The molecule has 0 aliphatic carbocycles. The summed E-state index contributed by atoms with van der Waals surface area (Å²) in [6, 6.07) is 5.28. The van der Waals surface area contributed by atoms with Crippen LogP contribution in [0, 0.1) is 11.3 Å². The predicted molar refractivity (Wildman–Crippen MR) is 163 cm³/mol. The minimum atomic E-state index is -0.932. The van der Waals surface area contributed by atoms with Gasteiger partial charge in [0.25, 0.3) is 5.91 Å². The summed E-state index contributed by atoms with van der Waals surface area (Å²) in [4.78, 5) is 50.6. The highest BCUT2D eigenvalue weighted by atomic mass is 35.5. The topological polar surface area (TPSA) is 137 Å². The summed E-state index contributed by atoms with van der Waals surface area (Å²) >= 11 is 6.48. The Balaban J connectivity index is 1.25. The summed E-state index contributed by atoms with van der Waals surface area (Å²) in [6.45, 7) is 10.1. The Bertz CT molecular complexity index is 1370. The van der Waals surface area contributed by atoms with Crippen molar-refractivity contribution in [2.75, 3.05) is 31.6 Å². The number of hydrogen-bond donors (Lipinski definition) is 3. The van der Waals surface area contributed by atoms with Crippen molar-refractivity contribution in [2.24, 2.45) is 11.3 Å². The van der Waals surface area contributed by atoms with E-state index in [-0.39, 0.29) is 47.8 Å². The largest absolute Gasteiger partial charge is 0.465 e. The quantitative estimate of drug-likeness (QED) is 0.411. The number of ether oxygens (including phenoxy) is 1. The zero-order valence-electron chi connectivity index (χ0n) is 25.2. The van der Waals surface area contributed by atoms with Gasteiger partial charge < -0.3 is 30.3 Å². The normalized spacial score (nSPS) is 21.8. The Morgan fingerprint density at radius 3 is 2.65 bits per heavy atom. The third-order valence-electron chi connectivity index (χ3n) is 8.74. The second kappa shape index (κ2) is 12.7. The number of aromatic nitrogens is 2. The van der Waals surface area contributed by atoms with Crippen molar-refractivity contribution in [2.45, 2.75) is 78.0 Å². The summed E-state index contributed by atoms with van der Waals surface area (Å²) < 4.78 is 5.43. The molecule has 43 heavy (non-hydrogen) atoms. The molecule has 2 saturated heterocycles. The lowest BCUT2D eigenvalue weighted by molar-refractivity contribution is -0.123. The number of rotatable bonds is 7. The zero-order valence-corrected chi connectivity index (χ0v) is 26.0. The number of carbonyl (C=O) groups excluding carboxylic acids is 2. The minimum Gasteiger partial charge on any atom is -0.465 e.